The third-order valence-electron chi connectivity index (χ3n) is 2.78. The molecule has 0 bridgehead atoms. The van der Waals surface area contributed by atoms with Gasteiger partial charge in [0.15, 0.2) is 0 Å². The van der Waals surface area contributed by atoms with Crippen LogP contribution < -0.4 is 4.43 Å². The van der Waals surface area contributed by atoms with Crippen molar-refractivity contribution in [3.8, 4) is 11.3 Å². The number of benzene rings is 2. The van der Waals surface area contributed by atoms with E-state index in [4.69, 9.17) is 4.42 Å². The monoisotopic (exact) mass is 315 g/mol. The molecule has 0 saturated heterocycles. The summed E-state index contributed by atoms with van der Waals surface area (Å²) in [4.78, 5) is 6.66. The quantitative estimate of drug-likeness (QED) is 0.664. The van der Waals surface area contributed by atoms with Gasteiger partial charge in [-0.05, 0) is 0 Å². The van der Waals surface area contributed by atoms with Gasteiger partial charge in [-0.1, -0.05) is 0 Å². The van der Waals surface area contributed by atoms with Crippen molar-refractivity contribution in [2.45, 2.75) is 6.92 Å². The number of hydrogen-bond donors (Lipinski definition) is 0. The van der Waals surface area contributed by atoms with Crippen molar-refractivity contribution in [3.05, 3.63) is 69.5 Å². The zero-order chi connectivity index (χ0) is 13.1. The van der Waals surface area contributed by atoms with E-state index >= 15 is 0 Å². The van der Waals surface area contributed by atoms with Crippen LogP contribution in [0.5, 0.6) is 0 Å². The van der Waals surface area contributed by atoms with Gasteiger partial charge in [0.25, 0.3) is 0 Å². The summed E-state index contributed by atoms with van der Waals surface area (Å²) in [5, 5.41) is 0. The van der Waals surface area contributed by atoms with E-state index in [9.17, 15) is 0 Å². The average Bonchev–Trinajstić information content (AvgIpc) is 2.89. The molecular formula is C16H13NOSe. The second-order valence-electron chi connectivity index (χ2n) is 4.28. The summed E-state index contributed by atoms with van der Waals surface area (Å²) < 4.78 is 6.64. The molecule has 0 aliphatic carbocycles. The van der Waals surface area contributed by atoms with Crippen molar-refractivity contribution in [2.24, 2.45) is 4.99 Å². The van der Waals surface area contributed by atoms with Gasteiger partial charge >= 0.3 is 117 Å². The second-order valence-corrected chi connectivity index (χ2v) is 6.00. The Kier molecular flexibility index (Phi) is 3.49. The number of hydrogen-bond acceptors (Lipinski definition) is 2. The summed E-state index contributed by atoms with van der Waals surface area (Å²) in [5.74, 6) is 0.926. The third-order valence-corrected chi connectivity index (χ3v) is 4.26. The van der Waals surface area contributed by atoms with E-state index in [2.05, 4.69) is 41.1 Å². The zero-order valence-corrected chi connectivity index (χ0v) is 12.3. The maximum atomic E-state index is 5.83. The Hall–Kier alpha value is -1.83. The second kappa shape index (κ2) is 5.43. The molecule has 0 atom stereocenters. The summed E-state index contributed by atoms with van der Waals surface area (Å²) in [6.45, 7) is 2.08. The zero-order valence-electron chi connectivity index (χ0n) is 10.5. The van der Waals surface area contributed by atoms with E-state index in [0.717, 1.165) is 21.4 Å². The van der Waals surface area contributed by atoms with Crippen LogP contribution in [0.15, 0.2) is 68.9 Å². The van der Waals surface area contributed by atoms with Crippen molar-refractivity contribution < 1.29 is 4.42 Å². The van der Waals surface area contributed by atoms with E-state index in [1.54, 1.807) is 0 Å². The van der Waals surface area contributed by atoms with Gasteiger partial charge in [-0.25, -0.2) is 0 Å². The van der Waals surface area contributed by atoms with Crippen LogP contribution in [0.1, 0.15) is 5.56 Å². The molecule has 0 aliphatic rings. The number of nitrogens with zero attached hydrogens (tertiary/aromatic N) is 1. The summed E-state index contributed by atoms with van der Waals surface area (Å²) in [6, 6.07) is 18.3. The van der Waals surface area contributed by atoms with Crippen molar-refractivity contribution in [1.29, 1.82) is 0 Å². The fraction of sp³-hybridized carbons (Fsp3) is 0.0625. The van der Waals surface area contributed by atoms with Crippen molar-refractivity contribution >= 4 is 20.2 Å². The molecule has 0 N–H and O–H groups in total. The van der Waals surface area contributed by atoms with Gasteiger partial charge in [0, 0.05) is 0 Å². The molecule has 0 amide bonds. The van der Waals surface area contributed by atoms with Crippen LogP contribution in [0.3, 0.4) is 0 Å². The molecule has 3 aromatic rings. The van der Waals surface area contributed by atoms with Gasteiger partial charge in [0.05, 0.1) is 0 Å². The fourth-order valence-corrected chi connectivity index (χ4v) is 3.19. The first-order valence-electron chi connectivity index (χ1n) is 6.07. The Labute approximate surface area is 117 Å². The molecule has 0 radical (unpaired) electrons. The topological polar surface area (TPSA) is 25.5 Å². The molecule has 94 valence electrons. The average molecular weight is 314 g/mol. The molecule has 2 aromatic carbocycles. The number of rotatable bonds is 2. The summed E-state index contributed by atoms with van der Waals surface area (Å²) in [5.41, 5.74) is 3.31. The molecule has 3 heteroatoms. The molecule has 0 spiro atoms. The third kappa shape index (κ3) is 2.95. The van der Waals surface area contributed by atoms with Gasteiger partial charge in [-0.15, -0.1) is 0 Å². The molecule has 0 aliphatic heterocycles. The molecule has 3 rings (SSSR count). The Morgan fingerprint density at radius 2 is 1.68 bits per heavy atom. The van der Waals surface area contributed by atoms with Crippen molar-refractivity contribution in [1.82, 2.24) is 0 Å². The first-order valence-corrected chi connectivity index (χ1v) is 7.91. The normalized spacial score (nSPS) is 11.7. The van der Waals surface area contributed by atoms with E-state index in [0.29, 0.717) is 0 Å². The standard InChI is InChI=1S/C16H13NOSe/c1-12-7-9-13(10-8-12)15-11-19-16(18-15)17-14-5-3-2-4-6-14/h2-11H,1H3. The van der Waals surface area contributed by atoms with Crippen LogP contribution >= 0.6 is 0 Å². The summed E-state index contributed by atoms with van der Waals surface area (Å²) in [7, 11) is 0. The fourth-order valence-electron chi connectivity index (χ4n) is 1.75. The minimum absolute atomic E-state index is 0.177. The van der Waals surface area contributed by atoms with Gasteiger partial charge in [0.2, 0.25) is 0 Å². The first kappa shape index (κ1) is 12.2. The summed E-state index contributed by atoms with van der Waals surface area (Å²) >= 11 is 0.177. The van der Waals surface area contributed by atoms with E-state index in [1.807, 2.05) is 30.3 Å². The van der Waals surface area contributed by atoms with E-state index < -0.39 is 0 Å². The molecule has 0 fully saturated rings. The number of para-hydroxylation sites is 1. The van der Waals surface area contributed by atoms with Crippen molar-refractivity contribution in [2.75, 3.05) is 0 Å². The Balaban J connectivity index is 1.96. The molecule has 0 saturated carbocycles. The molecular weight excluding hydrogens is 301 g/mol. The molecule has 1 aromatic heterocycles. The van der Waals surface area contributed by atoms with Crippen LogP contribution in [0.2, 0.25) is 0 Å². The maximum absolute atomic E-state index is 5.83. The van der Waals surface area contributed by atoms with Crippen LogP contribution in [-0.2, 0) is 0 Å². The summed E-state index contributed by atoms with van der Waals surface area (Å²) in [6.07, 6.45) is 0. The Morgan fingerprint density at radius 3 is 2.42 bits per heavy atom. The number of aryl methyl sites for hydroxylation is 1. The molecule has 19 heavy (non-hydrogen) atoms. The first-order chi connectivity index (χ1) is 9.31. The van der Waals surface area contributed by atoms with Gasteiger partial charge in [-0.3, -0.25) is 0 Å². The predicted molar refractivity (Wildman–Crippen MR) is 77.5 cm³/mol. The van der Waals surface area contributed by atoms with Gasteiger partial charge < -0.3 is 0 Å². The van der Waals surface area contributed by atoms with E-state index in [1.165, 1.54) is 5.56 Å². The van der Waals surface area contributed by atoms with Gasteiger partial charge in [-0.2, -0.15) is 0 Å². The van der Waals surface area contributed by atoms with Crippen LogP contribution in [0.25, 0.3) is 11.3 Å². The molecule has 1 heterocycles. The van der Waals surface area contributed by atoms with Crippen LogP contribution in [0.4, 0.5) is 5.69 Å². The van der Waals surface area contributed by atoms with Crippen LogP contribution in [-0.4, -0.2) is 14.5 Å². The van der Waals surface area contributed by atoms with E-state index in [-0.39, 0.29) is 14.5 Å². The molecule has 0 unspecified atom stereocenters. The van der Waals surface area contributed by atoms with Crippen molar-refractivity contribution in [3.63, 3.8) is 0 Å². The Bertz CT molecular complexity index is 723. The SMILES string of the molecule is Cc1ccc(-c2c[se]c(=Nc3ccccc3)o2)cc1. The van der Waals surface area contributed by atoms with Gasteiger partial charge in [0.1, 0.15) is 0 Å². The Morgan fingerprint density at radius 1 is 0.947 bits per heavy atom. The predicted octanol–water partition coefficient (Wildman–Crippen LogP) is 3.54. The minimum atomic E-state index is 0.177. The van der Waals surface area contributed by atoms with Crippen LogP contribution in [0, 0.1) is 6.92 Å². The molecule has 2 nitrogen and oxygen atoms in total.